The van der Waals surface area contributed by atoms with Gasteiger partial charge in [0.1, 0.15) is 0 Å². The van der Waals surface area contributed by atoms with Crippen molar-refractivity contribution in [1.82, 2.24) is 0 Å². The molecule has 0 unspecified atom stereocenters. The van der Waals surface area contributed by atoms with E-state index in [9.17, 15) is 0 Å². The van der Waals surface area contributed by atoms with E-state index in [-0.39, 0.29) is 0 Å². The zero-order valence-corrected chi connectivity index (χ0v) is 10.2. The van der Waals surface area contributed by atoms with E-state index < -0.39 is 0 Å². The first-order valence-electron chi connectivity index (χ1n) is 3.97. The van der Waals surface area contributed by atoms with Crippen LogP contribution in [0, 0.1) is 0 Å². The third-order valence-electron chi connectivity index (χ3n) is 1.79. The molecule has 2 rings (SSSR count). The van der Waals surface area contributed by atoms with E-state index in [1.165, 1.54) is 4.46 Å². The van der Waals surface area contributed by atoms with Gasteiger partial charge in [0.25, 0.3) is 0 Å². The molecule has 0 aliphatic carbocycles. The number of aliphatic imine (C=N–C) groups is 1. The van der Waals surface area contributed by atoms with E-state index in [0.29, 0.717) is 13.1 Å². The molecule has 0 saturated carbocycles. The van der Waals surface area contributed by atoms with Crippen molar-refractivity contribution < 1.29 is 4.74 Å². The Labute approximate surface area is 90.2 Å². The van der Waals surface area contributed by atoms with Crippen molar-refractivity contribution in [2.75, 3.05) is 13.2 Å². The molecule has 1 aromatic rings. The van der Waals surface area contributed by atoms with E-state index in [1.807, 2.05) is 12.1 Å². The Hall–Kier alpha value is -0.311. The summed E-state index contributed by atoms with van der Waals surface area (Å²) in [5.41, 5.74) is 1.14. The normalized spacial score (nSPS) is 15.3. The van der Waals surface area contributed by atoms with Crippen LogP contribution in [0.1, 0.15) is 5.56 Å². The molecule has 4 heteroatoms. The van der Waals surface area contributed by atoms with Crippen molar-refractivity contribution in [3.63, 3.8) is 0 Å². The first-order chi connectivity index (χ1) is 6.42. The van der Waals surface area contributed by atoms with Crippen molar-refractivity contribution >= 4 is 37.6 Å². The second kappa shape index (κ2) is 4.27. The van der Waals surface area contributed by atoms with Crippen LogP contribution < -0.4 is 4.46 Å². The number of hydrogen-bond acceptors (Lipinski definition) is 2. The summed E-state index contributed by atoms with van der Waals surface area (Å²) < 4.78 is 6.71. The van der Waals surface area contributed by atoms with Crippen LogP contribution in [0.15, 0.2) is 29.3 Å². The Bertz CT molecular complexity index is 340. The molecule has 1 aliphatic heterocycles. The van der Waals surface area contributed by atoms with Gasteiger partial charge < -0.3 is 0 Å². The van der Waals surface area contributed by atoms with Gasteiger partial charge >= 0.3 is 90.3 Å². The van der Waals surface area contributed by atoms with E-state index in [1.54, 1.807) is 0 Å². The van der Waals surface area contributed by atoms with E-state index in [4.69, 9.17) is 4.74 Å². The van der Waals surface area contributed by atoms with Crippen LogP contribution in [0.25, 0.3) is 0 Å². The number of rotatable bonds is 2. The summed E-state index contributed by atoms with van der Waals surface area (Å²) in [7, 11) is 0. The van der Waals surface area contributed by atoms with Gasteiger partial charge in [-0.15, -0.1) is 0 Å². The maximum atomic E-state index is 5.42. The van der Waals surface area contributed by atoms with Crippen molar-refractivity contribution in [2.45, 2.75) is 0 Å². The van der Waals surface area contributed by atoms with Crippen molar-refractivity contribution in [1.29, 1.82) is 0 Å². The predicted octanol–water partition coefficient (Wildman–Crippen LogP) is 1.10. The molecule has 0 atom stereocenters. The molecular weight excluding hydrogens is 297 g/mol. The van der Waals surface area contributed by atoms with Crippen LogP contribution in [0.2, 0.25) is 0 Å². The third kappa shape index (κ3) is 1.96. The SMILES string of the molecule is Br[Se]c1ccccc1C1=NCCO1. The van der Waals surface area contributed by atoms with E-state index in [0.717, 1.165) is 24.6 Å². The van der Waals surface area contributed by atoms with Gasteiger partial charge in [0.15, 0.2) is 0 Å². The number of ether oxygens (including phenoxy) is 1. The van der Waals surface area contributed by atoms with Gasteiger partial charge in [0.05, 0.1) is 0 Å². The van der Waals surface area contributed by atoms with Crippen molar-refractivity contribution in [2.24, 2.45) is 4.99 Å². The maximum absolute atomic E-state index is 5.42. The number of halogens is 1. The van der Waals surface area contributed by atoms with Gasteiger partial charge in [0, 0.05) is 0 Å². The molecule has 0 spiro atoms. The Morgan fingerprint density at radius 1 is 1.38 bits per heavy atom. The molecule has 0 fully saturated rings. The second-order valence-corrected chi connectivity index (χ2v) is 5.54. The third-order valence-corrected chi connectivity index (χ3v) is 4.69. The summed E-state index contributed by atoms with van der Waals surface area (Å²) in [6.45, 7) is 1.51. The second-order valence-electron chi connectivity index (χ2n) is 2.61. The number of benzene rings is 1. The van der Waals surface area contributed by atoms with Crippen LogP contribution in [0.3, 0.4) is 0 Å². The molecular formula is C9H8BrNOSe. The minimum atomic E-state index is 0.318. The number of hydrogen-bond donors (Lipinski definition) is 0. The fraction of sp³-hybridized carbons (Fsp3) is 0.222. The summed E-state index contributed by atoms with van der Waals surface area (Å²) in [6.07, 6.45) is 0. The van der Waals surface area contributed by atoms with Crippen LogP contribution in [-0.2, 0) is 4.74 Å². The molecule has 1 aromatic carbocycles. The molecule has 0 amide bonds. The molecule has 0 saturated heterocycles. The van der Waals surface area contributed by atoms with Gasteiger partial charge in [0.2, 0.25) is 0 Å². The van der Waals surface area contributed by atoms with Crippen LogP contribution in [0.4, 0.5) is 0 Å². The van der Waals surface area contributed by atoms with Crippen molar-refractivity contribution in [3.05, 3.63) is 29.8 Å². The minimum absolute atomic E-state index is 0.318. The molecule has 2 nitrogen and oxygen atoms in total. The molecule has 1 aliphatic rings. The standard InChI is InChI=1S/C9H8BrNOSe/c10-13-8-4-2-1-3-7(8)9-11-5-6-12-9/h1-4H,5-6H2. The molecule has 0 radical (unpaired) electrons. The quantitative estimate of drug-likeness (QED) is 0.750. The fourth-order valence-corrected chi connectivity index (χ4v) is 3.45. The average molecular weight is 305 g/mol. The van der Waals surface area contributed by atoms with Crippen LogP contribution >= 0.6 is 14.1 Å². The molecule has 13 heavy (non-hydrogen) atoms. The predicted molar refractivity (Wildman–Crippen MR) is 58.1 cm³/mol. The van der Waals surface area contributed by atoms with Crippen LogP contribution in [0.5, 0.6) is 0 Å². The summed E-state index contributed by atoms with van der Waals surface area (Å²) >= 11 is 3.82. The van der Waals surface area contributed by atoms with Gasteiger partial charge in [-0.3, -0.25) is 0 Å². The Morgan fingerprint density at radius 2 is 2.23 bits per heavy atom. The zero-order chi connectivity index (χ0) is 9.10. The first kappa shape index (κ1) is 9.25. The Morgan fingerprint density at radius 3 is 2.92 bits per heavy atom. The van der Waals surface area contributed by atoms with Gasteiger partial charge in [-0.2, -0.15) is 0 Å². The Balaban J connectivity index is 2.38. The van der Waals surface area contributed by atoms with E-state index >= 15 is 0 Å². The summed E-state index contributed by atoms with van der Waals surface area (Å²) in [5, 5.41) is 0. The fourth-order valence-electron chi connectivity index (χ4n) is 1.21. The summed E-state index contributed by atoms with van der Waals surface area (Å²) in [4.78, 5) is 4.30. The molecule has 0 aromatic heterocycles. The molecule has 68 valence electrons. The van der Waals surface area contributed by atoms with Crippen molar-refractivity contribution in [3.8, 4) is 0 Å². The number of nitrogens with zero attached hydrogens (tertiary/aromatic N) is 1. The monoisotopic (exact) mass is 305 g/mol. The van der Waals surface area contributed by atoms with Crippen LogP contribution in [-0.4, -0.2) is 32.2 Å². The van der Waals surface area contributed by atoms with E-state index in [2.05, 4.69) is 31.2 Å². The Kier molecular flexibility index (Phi) is 3.04. The molecule has 0 N–H and O–H groups in total. The molecule has 1 heterocycles. The van der Waals surface area contributed by atoms with Gasteiger partial charge in [-0.1, -0.05) is 0 Å². The molecule has 0 bridgehead atoms. The zero-order valence-electron chi connectivity index (χ0n) is 6.87. The van der Waals surface area contributed by atoms with Gasteiger partial charge in [-0.25, -0.2) is 0 Å². The van der Waals surface area contributed by atoms with Gasteiger partial charge in [-0.05, 0) is 0 Å². The topological polar surface area (TPSA) is 21.6 Å². The first-order valence-corrected chi connectivity index (χ1v) is 8.84. The summed E-state index contributed by atoms with van der Waals surface area (Å²) in [6, 6.07) is 8.22. The summed E-state index contributed by atoms with van der Waals surface area (Å²) in [5.74, 6) is 0.803. The average Bonchev–Trinajstić information content (AvgIpc) is 2.70.